The average molecular weight is 443 g/mol. The third-order valence-electron chi connectivity index (χ3n) is 6.09. The Morgan fingerprint density at radius 3 is 1.58 bits per heavy atom. The Morgan fingerprint density at radius 2 is 1.17 bits per heavy atom. The van der Waals surface area contributed by atoms with Crippen molar-refractivity contribution in [1.82, 2.24) is 0 Å². The van der Waals surface area contributed by atoms with Crippen LogP contribution in [0.4, 0.5) is 0 Å². The van der Waals surface area contributed by atoms with Crippen molar-refractivity contribution in [2.75, 3.05) is 0 Å². The Bertz CT molecular complexity index is 595. The SMILES string of the molecule is C[C](C)=[Zr+2]([CH]1C=CC2=C1CCCC2)[CH]1C=CC2=C1CCCC2.[Cl-].[Cl-]. The first-order valence-corrected chi connectivity index (χ1v) is 13.3. The van der Waals surface area contributed by atoms with Crippen LogP contribution < -0.4 is 24.8 Å². The van der Waals surface area contributed by atoms with Crippen LogP contribution in [0, 0.1) is 0 Å². The molecular formula is C21H28Cl2Zr. The Morgan fingerprint density at radius 1 is 0.750 bits per heavy atom. The molecule has 0 saturated heterocycles. The van der Waals surface area contributed by atoms with Gasteiger partial charge in [0.25, 0.3) is 0 Å². The Hall–Kier alpha value is 0.293. The molecule has 0 saturated carbocycles. The van der Waals surface area contributed by atoms with E-state index in [1.165, 1.54) is 51.4 Å². The van der Waals surface area contributed by atoms with E-state index < -0.39 is 21.3 Å². The third kappa shape index (κ3) is 3.70. The first-order chi connectivity index (χ1) is 10.8. The minimum Gasteiger partial charge on any atom is -1.00 e. The second-order valence-corrected chi connectivity index (χ2v) is 15.4. The van der Waals surface area contributed by atoms with E-state index in [2.05, 4.69) is 38.2 Å². The van der Waals surface area contributed by atoms with Gasteiger partial charge in [0, 0.05) is 0 Å². The predicted octanol–water partition coefficient (Wildman–Crippen LogP) is 0.283. The Balaban J connectivity index is 0.00000104. The van der Waals surface area contributed by atoms with Crippen LogP contribution in [-0.2, 0) is 21.3 Å². The number of hydrogen-bond donors (Lipinski definition) is 0. The summed E-state index contributed by atoms with van der Waals surface area (Å²) >= 11 is -1.67. The molecule has 0 bridgehead atoms. The standard InChI is InChI=1S/2C9H11.C3H6.2ClH.Zr/c2*1-2-5-9-7-3-6-8(9)4-1;1-3-2;;;/h2*3,6-7H,1-2,4-5H2;1-2H3;2*1H;/q;;;;;+2/p-2. The van der Waals surface area contributed by atoms with Crippen molar-refractivity contribution in [2.24, 2.45) is 0 Å². The maximum atomic E-state index is 2.63. The molecule has 0 heterocycles. The van der Waals surface area contributed by atoms with Crippen LogP contribution in [-0.4, -0.2) is 3.21 Å². The van der Waals surface area contributed by atoms with Gasteiger partial charge in [-0.05, 0) is 0 Å². The second kappa shape index (κ2) is 8.79. The van der Waals surface area contributed by atoms with Crippen LogP contribution in [0.5, 0.6) is 0 Å². The molecule has 2 atom stereocenters. The molecule has 4 aliphatic carbocycles. The molecule has 4 aliphatic rings. The van der Waals surface area contributed by atoms with Gasteiger partial charge in [-0.25, -0.2) is 0 Å². The topological polar surface area (TPSA) is 0 Å². The Labute approximate surface area is 167 Å². The molecule has 130 valence electrons. The zero-order valence-electron chi connectivity index (χ0n) is 14.9. The fourth-order valence-corrected chi connectivity index (χ4v) is 14.0. The first kappa shape index (κ1) is 20.6. The summed E-state index contributed by atoms with van der Waals surface area (Å²) in [6, 6.07) is 0. The average Bonchev–Trinajstić information content (AvgIpc) is 3.13. The van der Waals surface area contributed by atoms with E-state index in [0.29, 0.717) is 0 Å². The second-order valence-electron chi connectivity index (χ2n) is 7.64. The van der Waals surface area contributed by atoms with E-state index in [1.54, 1.807) is 11.1 Å². The molecule has 2 unspecified atom stereocenters. The zero-order valence-corrected chi connectivity index (χ0v) is 18.8. The molecule has 0 nitrogen and oxygen atoms in total. The van der Waals surface area contributed by atoms with Gasteiger partial charge in [-0.3, -0.25) is 0 Å². The number of allylic oxidation sites excluding steroid dienone is 8. The van der Waals surface area contributed by atoms with Crippen LogP contribution in [0.1, 0.15) is 65.2 Å². The quantitative estimate of drug-likeness (QED) is 0.577. The molecule has 0 N–H and O–H groups in total. The molecule has 24 heavy (non-hydrogen) atoms. The largest absolute Gasteiger partial charge is 1.00 e. The number of halogens is 2. The Kier molecular flexibility index (Phi) is 7.54. The summed E-state index contributed by atoms with van der Waals surface area (Å²) in [6.07, 6.45) is 21.5. The van der Waals surface area contributed by atoms with Crippen molar-refractivity contribution in [2.45, 2.75) is 72.5 Å². The van der Waals surface area contributed by atoms with Crippen LogP contribution in [0.2, 0.25) is 7.25 Å². The van der Waals surface area contributed by atoms with E-state index >= 15 is 0 Å². The fourth-order valence-electron chi connectivity index (χ4n) is 5.05. The smallest absolute Gasteiger partial charge is 1.00 e. The van der Waals surface area contributed by atoms with Gasteiger partial charge < -0.3 is 24.8 Å². The summed E-state index contributed by atoms with van der Waals surface area (Å²) in [7, 11) is 0. The van der Waals surface area contributed by atoms with Crippen molar-refractivity contribution in [3.05, 3.63) is 46.6 Å². The fraction of sp³-hybridized carbons (Fsp3) is 0.571. The van der Waals surface area contributed by atoms with Crippen molar-refractivity contribution < 1.29 is 46.1 Å². The van der Waals surface area contributed by atoms with E-state index in [9.17, 15) is 0 Å². The minimum absolute atomic E-state index is 0. The maximum absolute atomic E-state index is 2.63. The van der Waals surface area contributed by atoms with Crippen LogP contribution in [0.25, 0.3) is 0 Å². The van der Waals surface area contributed by atoms with Gasteiger partial charge in [0.05, 0.1) is 0 Å². The molecule has 0 aromatic carbocycles. The molecule has 0 aromatic rings. The molecule has 0 fully saturated rings. The van der Waals surface area contributed by atoms with E-state index in [4.69, 9.17) is 0 Å². The van der Waals surface area contributed by atoms with E-state index in [1.807, 2.05) is 14.4 Å². The molecule has 0 aromatic heterocycles. The summed E-state index contributed by atoms with van der Waals surface area (Å²) < 4.78 is 3.59. The zero-order chi connectivity index (χ0) is 15.1. The number of hydrogen-bond acceptors (Lipinski definition) is 0. The molecule has 0 radical (unpaired) electrons. The van der Waals surface area contributed by atoms with Gasteiger partial charge in [0.2, 0.25) is 0 Å². The molecule has 4 rings (SSSR count). The van der Waals surface area contributed by atoms with Crippen LogP contribution >= 0.6 is 0 Å². The first-order valence-electron chi connectivity index (χ1n) is 9.23. The van der Waals surface area contributed by atoms with Gasteiger partial charge in [0.15, 0.2) is 0 Å². The van der Waals surface area contributed by atoms with Crippen LogP contribution in [0.3, 0.4) is 0 Å². The summed E-state index contributed by atoms with van der Waals surface area (Å²) in [5.74, 6) is 0. The molecular weight excluding hydrogens is 414 g/mol. The maximum Gasteiger partial charge on any atom is -1.00 e. The molecule has 3 heteroatoms. The minimum atomic E-state index is -1.67. The van der Waals surface area contributed by atoms with Gasteiger partial charge in [-0.15, -0.1) is 0 Å². The third-order valence-corrected chi connectivity index (χ3v) is 14.9. The van der Waals surface area contributed by atoms with Gasteiger partial charge >= 0.3 is 144 Å². The van der Waals surface area contributed by atoms with Gasteiger partial charge in [0.1, 0.15) is 0 Å². The van der Waals surface area contributed by atoms with Crippen molar-refractivity contribution in [1.29, 1.82) is 0 Å². The molecule has 0 amide bonds. The number of rotatable bonds is 2. The summed E-state index contributed by atoms with van der Waals surface area (Å²) in [4.78, 5) is 0. The predicted molar refractivity (Wildman–Crippen MR) is 93.1 cm³/mol. The van der Waals surface area contributed by atoms with Crippen molar-refractivity contribution >= 4 is 3.21 Å². The monoisotopic (exact) mass is 440 g/mol. The summed E-state index contributed by atoms with van der Waals surface area (Å²) in [6.45, 7) is 4.92. The van der Waals surface area contributed by atoms with Gasteiger partial charge in [-0.2, -0.15) is 0 Å². The van der Waals surface area contributed by atoms with Gasteiger partial charge in [-0.1, -0.05) is 0 Å². The summed E-state index contributed by atoms with van der Waals surface area (Å²) in [5, 5.41) is 0. The molecule has 0 spiro atoms. The van der Waals surface area contributed by atoms with Crippen LogP contribution in [0.15, 0.2) is 46.6 Å². The van der Waals surface area contributed by atoms with E-state index in [-0.39, 0.29) is 24.8 Å². The van der Waals surface area contributed by atoms with E-state index in [0.717, 1.165) is 7.25 Å². The summed E-state index contributed by atoms with van der Waals surface area (Å²) in [5.41, 5.74) is 7.21. The van der Waals surface area contributed by atoms with Crippen molar-refractivity contribution in [3.63, 3.8) is 0 Å². The molecule has 0 aliphatic heterocycles. The van der Waals surface area contributed by atoms with Crippen molar-refractivity contribution in [3.8, 4) is 0 Å². The normalized spacial score (nSPS) is 27.0.